The molecule has 0 heterocycles. The van der Waals surface area contributed by atoms with Gasteiger partial charge in [0, 0.05) is 30.6 Å². The van der Waals surface area contributed by atoms with Gasteiger partial charge in [0.1, 0.15) is 5.82 Å². The van der Waals surface area contributed by atoms with Crippen LogP contribution in [0.2, 0.25) is 5.02 Å². The zero-order valence-electron chi connectivity index (χ0n) is 14.3. The molecule has 0 saturated carbocycles. The largest absolute Gasteiger partial charge is 0.449 e. The van der Waals surface area contributed by atoms with Gasteiger partial charge < -0.3 is 15.4 Å². The highest BCUT2D eigenvalue weighted by Crippen LogP contribution is 2.23. The quantitative estimate of drug-likeness (QED) is 0.439. The highest BCUT2D eigenvalue weighted by atomic mass is 35.5. The monoisotopic (exact) mass is 395 g/mol. The standard InChI is InChI=1S/C17H15ClFN3O5/c1-9(16(23)21-10-3-5-14(19)13(18)7-10)27-17(24)12-8-11(22(25)26)4-6-15(12)20-2/h3-9,20H,1-2H3,(H,21,23)/t9-/m1/s1. The molecule has 0 saturated heterocycles. The summed E-state index contributed by atoms with van der Waals surface area (Å²) in [6, 6.07) is 7.24. The maximum Gasteiger partial charge on any atom is 0.341 e. The molecule has 0 aliphatic heterocycles. The summed E-state index contributed by atoms with van der Waals surface area (Å²) >= 11 is 5.64. The fourth-order valence-corrected chi connectivity index (χ4v) is 2.31. The van der Waals surface area contributed by atoms with Crippen molar-refractivity contribution in [2.75, 3.05) is 17.7 Å². The maximum atomic E-state index is 13.1. The third kappa shape index (κ3) is 4.91. The smallest absolute Gasteiger partial charge is 0.341 e. The fourth-order valence-electron chi connectivity index (χ4n) is 2.13. The van der Waals surface area contributed by atoms with E-state index in [1.54, 1.807) is 0 Å². The fraction of sp³-hybridized carbons (Fsp3) is 0.176. The molecule has 0 bridgehead atoms. The van der Waals surface area contributed by atoms with Gasteiger partial charge >= 0.3 is 5.97 Å². The van der Waals surface area contributed by atoms with Crippen LogP contribution in [0.1, 0.15) is 17.3 Å². The molecule has 0 aromatic heterocycles. The lowest BCUT2D eigenvalue weighted by Gasteiger charge is -2.15. The number of nitro benzene ring substituents is 1. The summed E-state index contributed by atoms with van der Waals surface area (Å²) in [5.41, 5.74) is 0.152. The van der Waals surface area contributed by atoms with Gasteiger partial charge in [0.05, 0.1) is 15.5 Å². The van der Waals surface area contributed by atoms with Crippen LogP contribution in [-0.2, 0) is 9.53 Å². The second-order valence-electron chi connectivity index (χ2n) is 5.40. The molecular formula is C17H15ClFN3O5. The summed E-state index contributed by atoms with van der Waals surface area (Å²) in [7, 11) is 1.53. The summed E-state index contributed by atoms with van der Waals surface area (Å²) in [6.07, 6.45) is -1.22. The van der Waals surface area contributed by atoms with Crippen molar-refractivity contribution in [3.63, 3.8) is 0 Å². The van der Waals surface area contributed by atoms with E-state index < -0.39 is 28.7 Å². The van der Waals surface area contributed by atoms with Crippen molar-refractivity contribution in [3.8, 4) is 0 Å². The molecule has 27 heavy (non-hydrogen) atoms. The zero-order valence-corrected chi connectivity index (χ0v) is 15.0. The van der Waals surface area contributed by atoms with Crippen molar-refractivity contribution in [1.29, 1.82) is 0 Å². The number of nitrogens with zero attached hydrogens (tertiary/aromatic N) is 1. The van der Waals surface area contributed by atoms with Crippen LogP contribution in [0, 0.1) is 15.9 Å². The van der Waals surface area contributed by atoms with E-state index in [1.807, 2.05) is 0 Å². The normalized spacial score (nSPS) is 11.4. The Kier molecular flexibility index (Phi) is 6.30. The molecule has 0 aliphatic carbocycles. The van der Waals surface area contributed by atoms with Gasteiger partial charge in [-0.3, -0.25) is 14.9 Å². The Bertz CT molecular complexity index is 906. The Balaban J connectivity index is 2.12. The SMILES string of the molecule is CNc1ccc([N+](=O)[O-])cc1C(=O)O[C@H](C)C(=O)Nc1ccc(F)c(Cl)c1. The van der Waals surface area contributed by atoms with Crippen molar-refractivity contribution in [2.45, 2.75) is 13.0 Å². The Hall–Kier alpha value is -3.20. The number of nitrogens with one attached hydrogen (secondary N) is 2. The number of hydrogen-bond donors (Lipinski definition) is 2. The Labute approximate surface area is 158 Å². The van der Waals surface area contributed by atoms with E-state index in [4.69, 9.17) is 16.3 Å². The summed E-state index contributed by atoms with van der Waals surface area (Å²) in [4.78, 5) is 34.7. The first-order valence-corrected chi connectivity index (χ1v) is 8.03. The average molecular weight is 396 g/mol. The molecule has 10 heteroatoms. The molecule has 1 amide bonds. The van der Waals surface area contributed by atoms with E-state index in [-0.39, 0.29) is 22.0 Å². The second kappa shape index (κ2) is 8.45. The molecule has 2 aromatic carbocycles. The van der Waals surface area contributed by atoms with Gasteiger partial charge in [-0.25, -0.2) is 9.18 Å². The van der Waals surface area contributed by atoms with Crippen molar-refractivity contribution in [3.05, 3.63) is 62.9 Å². The van der Waals surface area contributed by atoms with Crippen molar-refractivity contribution in [1.82, 2.24) is 0 Å². The number of non-ortho nitro benzene ring substituents is 1. The lowest BCUT2D eigenvalue weighted by Crippen LogP contribution is -2.30. The number of benzene rings is 2. The molecule has 0 aliphatic rings. The molecule has 0 unspecified atom stereocenters. The number of ether oxygens (including phenoxy) is 1. The Morgan fingerprint density at radius 3 is 2.56 bits per heavy atom. The average Bonchev–Trinajstić information content (AvgIpc) is 2.63. The zero-order chi connectivity index (χ0) is 20.1. The lowest BCUT2D eigenvalue weighted by atomic mass is 10.1. The molecule has 2 rings (SSSR count). The van der Waals surface area contributed by atoms with Crippen molar-refractivity contribution < 1.29 is 23.6 Å². The van der Waals surface area contributed by atoms with Crippen molar-refractivity contribution in [2.24, 2.45) is 0 Å². The number of halogens is 2. The van der Waals surface area contributed by atoms with Crippen LogP contribution in [0.25, 0.3) is 0 Å². The van der Waals surface area contributed by atoms with Gasteiger partial charge in [0.15, 0.2) is 6.10 Å². The van der Waals surface area contributed by atoms with Crippen LogP contribution in [0.4, 0.5) is 21.5 Å². The van der Waals surface area contributed by atoms with E-state index in [2.05, 4.69) is 10.6 Å². The number of rotatable bonds is 6. The number of esters is 1. The summed E-state index contributed by atoms with van der Waals surface area (Å²) in [5.74, 6) is -2.23. The van der Waals surface area contributed by atoms with E-state index >= 15 is 0 Å². The van der Waals surface area contributed by atoms with Crippen LogP contribution >= 0.6 is 11.6 Å². The van der Waals surface area contributed by atoms with Gasteiger partial charge in [-0.15, -0.1) is 0 Å². The molecule has 2 aromatic rings. The summed E-state index contributed by atoms with van der Waals surface area (Å²) < 4.78 is 18.2. The third-order valence-electron chi connectivity index (χ3n) is 3.54. The van der Waals surface area contributed by atoms with Crippen LogP contribution in [0.5, 0.6) is 0 Å². The van der Waals surface area contributed by atoms with Gasteiger partial charge in [-0.1, -0.05) is 11.6 Å². The first-order chi connectivity index (χ1) is 12.7. The highest BCUT2D eigenvalue weighted by Gasteiger charge is 2.23. The third-order valence-corrected chi connectivity index (χ3v) is 3.83. The molecular weight excluding hydrogens is 381 g/mol. The molecule has 142 valence electrons. The predicted octanol–water partition coefficient (Wildman–Crippen LogP) is 3.61. The van der Waals surface area contributed by atoms with Crippen LogP contribution < -0.4 is 10.6 Å². The number of amides is 1. The number of carbonyl (C=O) groups is 2. The first-order valence-electron chi connectivity index (χ1n) is 7.66. The number of carbonyl (C=O) groups excluding carboxylic acids is 2. The highest BCUT2D eigenvalue weighted by molar-refractivity contribution is 6.31. The molecule has 8 nitrogen and oxygen atoms in total. The number of nitro groups is 1. The van der Waals surface area contributed by atoms with E-state index in [1.165, 1.54) is 38.2 Å². The Morgan fingerprint density at radius 1 is 1.26 bits per heavy atom. The maximum absolute atomic E-state index is 13.1. The molecule has 0 spiro atoms. The minimum absolute atomic E-state index is 0.0869. The van der Waals surface area contributed by atoms with Crippen molar-refractivity contribution >= 4 is 40.5 Å². The molecule has 1 atom stereocenters. The lowest BCUT2D eigenvalue weighted by molar-refractivity contribution is -0.384. The number of anilines is 2. The van der Waals surface area contributed by atoms with E-state index in [0.29, 0.717) is 5.69 Å². The van der Waals surface area contributed by atoms with Crippen LogP contribution in [-0.4, -0.2) is 30.0 Å². The van der Waals surface area contributed by atoms with E-state index in [9.17, 15) is 24.1 Å². The number of hydrogen-bond acceptors (Lipinski definition) is 6. The Morgan fingerprint density at radius 2 is 1.96 bits per heavy atom. The minimum Gasteiger partial charge on any atom is -0.449 e. The van der Waals surface area contributed by atoms with Crippen LogP contribution in [0.3, 0.4) is 0 Å². The first kappa shape index (κ1) is 20.1. The molecule has 2 N–H and O–H groups in total. The van der Waals surface area contributed by atoms with Gasteiger partial charge in [-0.2, -0.15) is 0 Å². The topological polar surface area (TPSA) is 111 Å². The summed E-state index contributed by atoms with van der Waals surface area (Å²) in [6.45, 7) is 1.33. The van der Waals surface area contributed by atoms with E-state index in [0.717, 1.165) is 12.1 Å². The van der Waals surface area contributed by atoms with Gasteiger partial charge in [-0.05, 0) is 31.2 Å². The molecule has 0 fully saturated rings. The summed E-state index contributed by atoms with van der Waals surface area (Å²) in [5, 5.41) is 15.9. The van der Waals surface area contributed by atoms with Crippen LogP contribution in [0.15, 0.2) is 36.4 Å². The minimum atomic E-state index is -1.22. The van der Waals surface area contributed by atoms with Gasteiger partial charge in [0.2, 0.25) is 0 Å². The predicted molar refractivity (Wildman–Crippen MR) is 97.6 cm³/mol. The van der Waals surface area contributed by atoms with Gasteiger partial charge in [0.25, 0.3) is 11.6 Å². The second-order valence-corrected chi connectivity index (χ2v) is 5.81. The molecule has 0 radical (unpaired) electrons.